The summed E-state index contributed by atoms with van der Waals surface area (Å²) in [5, 5.41) is 47.0. The lowest BCUT2D eigenvalue weighted by molar-refractivity contribution is -0.172. The number of halogens is 1. The van der Waals surface area contributed by atoms with Crippen LogP contribution in [-0.4, -0.2) is 43.3 Å². The fourth-order valence-electron chi connectivity index (χ4n) is 14.4. The molecule has 6 aliphatic rings. The van der Waals surface area contributed by atoms with Crippen LogP contribution in [0.25, 0.3) is 55.2 Å². The molecule has 0 amide bonds. The van der Waals surface area contributed by atoms with Crippen molar-refractivity contribution in [2.24, 2.45) is 11.3 Å². The Morgan fingerprint density at radius 1 is 0.477 bits per heavy atom. The second-order valence-corrected chi connectivity index (χ2v) is 32.3. The minimum absolute atomic E-state index is 0. The highest BCUT2D eigenvalue weighted by molar-refractivity contribution is 6.03. The lowest BCUT2D eigenvalue weighted by Gasteiger charge is -2.36. The number of hydrogen-bond donors (Lipinski definition) is 6. The van der Waals surface area contributed by atoms with E-state index in [0.29, 0.717) is 61.7 Å². The van der Waals surface area contributed by atoms with E-state index in [1.807, 2.05) is 94.4 Å². The molecule has 1 aromatic heterocycles. The van der Waals surface area contributed by atoms with Gasteiger partial charge in [-0.05, 0) is 224 Å². The number of nitrogens with two attached hydrogens (primary N) is 1. The Morgan fingerprint density at radius 3 is 1.54 bits per heavy atom. The highest BCUT2D eigenvalue weighted by Crippen LogP contribution is 2.59. The first kappa shape index (κ1) is 78.5. The number of phenols is 3. The minimum atomic E-state index is -1.23. The van der Waals surface area contributed by atoms with Gasteiger partial charge in [0.15, 0.2) is 16.6 Å². The molecule has 14 nitrogen and oxygen atoms in total. The molecule has 0 bridgehead atoms. The summed E-state index contributed by atoms with van der Waals surface area (Å²) >= 11 is 0. The number of aromatic hydroxyl groups is 3. The predicted molar refractivity (Wildman–Crippen MR) is 433 cm³/mol. The number of pyridine rings is 1. The van der Waals surface area contributed by atoms with E-state index in [0.717, 1.165) is 73.7 Å². The fourth-order valence-corrected chi connectivity index (χ4v) is 14.4. The normalized spacial score (nSPS) is 14.4. The molecule has 560 valence electrons. The molecule has 1 atom stereocenters. The van der Waals surface area contributed by atoms with Crippen molar-refractivity contribution in [3.05, 3.63) is 290 Å². The van der Waals surface area contributed by atoms with Crippen LogP contribution < -0.4 is 43.3 Å². The zero-order chi connectivity index (χ0) is 76.4. The summed E-state index contributed by atoms with van der Waals surface area (Å²) in [4.78, 5) is 30.5. The van der Waals surface area contributed by atoms with Crippen LogP contribution in [0.2, 0.25) is 0 Å². The van der Waals surface area contributed by atoms with Gasteiger partial charge in [0.1, 0.15) is 51.6 Å². The number of phenolic OH excluding ortho intramolecular Hbond substituents is 3. The predicted octanol–water partition coefficient (Wildman–Crippen LogP) is 18.4. The third-order valence-electron chi connectivity index (χ3n) is 18.8. The average molecular weight is 1480 g/mol. The quantitative estimate of drug-likeness (QED) is 0.0717. The first-order valence-corrected chi connectivity index (χ1v) is 36.3. The lowest BCUT2D eigenvalue weighted by atomic mass is 9.77. The molecule has 0 radical (unpaired) electrons. The SMILES string of the molecule is C.CC(C)(C)Cc1ccc2c(-c3ccccc3)c3ccc(=[NH2+])cc-3oc2c1.CC(C)(C)Nc1ccc2c(c1)C(=O)OC21c2ccc(O)cc2Oc2cc(O)ccc21.CC(C)C.Cc1cc2cc3cc(C)c(NC(C)(C)C)cc3nc2cc1C.Cc1ccc2c(c1)Oc1cc(O)ccc1C21OC(=O)c2ccccc21.[Cl-]. The van der Waals surface area contributed by atoms with Crippen molar-refractivity contribution in [1.82, 2.24) is 4.98 Å². The summed E-state index contributed by atoms with van der Waals surface area (Å²) in [5.41, 5.74) is 17.7. The van der Waals surface area contributed by atoms with Gasteiger partial charge in [-0.1, -0.05) is 128 Å². The molecule has 1 unspecified atom stereocenters. The molecule has 17 rings (SSSR count). The third kappa shape index (κ3) is 16.0. The highest BCUT2D eigenvalue weighted by Gasteiger charge is 2.55. The van der Waals surface area contributed by atoms with Gasteiger partial charge in [0.2, 0.25) is 0 Å². The van der Waals surface area contributed by atoms with E-state index in [4.69, 9.17) is 33.8 Å². The molecule has 7 N–H and O–H groups in total. The van der Waals surface area contributed by atoms with Crippen molar-refractivity contribution >= 4 is 56.1 Å². The number of carbonyl (C=O) groups excluding carboxylic acids is 2. The summed E-state index contributed by atoms with van der Waals surface area (Å²) in [6.07, 6.45) is 1.01. The number of aryl methyl sites for hydroxylation is 4. The van der Waals surface area contributed by atoms with E-state index in [9.17, 15) is 24.9 Å². The van der Waals surface area contributed by atoms with Crippen LogP contribution in [-0.2, 0) is 27.1 Å². The molecule has 0 saturated heterocycles. The van der Waals surface area contributed by atoms with E-state index in [-0.39, 0.29) is 59.5 Å². The number of carbonyl (C=O) groups is 2. The van der Waals surface area contributed by atoms with Gasteiger partial charge in [-0.3, -0.25) is 5.41 Å². The van der Waals surface area contributed by atoms with Gasteiger partial charge in [0.05, 0.1) is 28.2 Å². The number of anilines is 2. The molecular weight excluding hydrogens is 1380 g/mol. The maximum Gasteiger partial charge on any atom is 0.340 e. The molecule has 2 spiro atoms. The van der Waals surface area contributed by atoms with Gasteiger partial charge in [-0.15, -0.1) is 0 Å². The van der Waals surface area contributed by atoms with Crippen LogP contribution in [0.1, 0.15) is 172 Å². The Bertz CT molecular complexity index is 5580. The van der Waals surface area contributed by atoms with Gasteiger partial charge in [-0.25, -0.2) is 14.6 Å². The van der Waals surface area contributed by atoms with Crippen molar-refractivity contribution in [1.29, 1.82) is 0 Å². The zero-order valence-electron chi connectivity index (χ0n) is 64.1. The molecule has 0 saturated carbocycles. The van der Waals surface area contributed by atoms with Gasteiger partial charge < -0.3 is 61.7 Å². The number of benzene rings is 11. The Labute approximate surface area is 645 Å². The fraction of sp³-hybridized carbons (Fsp3) is 0.255. The Hall–Kier alpha value is -11.6. The lowest BCUT2D eigenvalue weighted by Crippen LogP contribution is -3.00. The molecule has 109 heavy (non-hydrogen) atoms. The van der Waals surface area contributed by atoms with Crippen LogP contribution in [0.4, 0.5) is 11.4 Å². The van der Waals surface area contributed by atoms with Gasteiger partial charge >= 0.3 is 11.9 Å². The van der Waals surface area contributed by atoms with Crippen molar-refractivity contribution in [3.63, 3.8) is 0 Å². The summed E-state index contributed by atoms with van der Waals surface area (Å²) in [6.45, 7) is 34.4. The van der Waals surface area contributed by atoms with E-state index in [1.54, 1.807) is 42.5 Å². The minimum Gasteiger partial charge on any atom is -1.00 e. The number of rotatable bonds is 4. The standard InChI is InChI=1S/C24H21NO5.C24H23NO.C21H14O4.C20H24N2.C4H10.CH4.ClH/c1-23(2,3)25-13-4-7-17-16(10-13)22(28)30-24(17)18-8-5-14(26)11-20(18)29-21-12-15(27)6-9-19(21)24;1-24(2,3)15-16-9-11-19-21(13-16)26-22-14-18(25)10-12-20(22)23(19)17-7-5-4-6-8-17;1-12-6-8-16-18(10-12)24-19-11-13(22)7-9-17(19)21(16)15-5-3-2-4-14(15)20(23)25-21;1-12-7-15-10-16-8-14(3)17(22-20(4,5)6)11-19(16)21-18(15)9-13(12)2;1-4(2)3;;/h4-12,25-27H,1-3H3;4-14,25H,15H2,1-3H3;2-11,22H,1H3;7-11,22H,1-6H3;4H,1-3H3;1H4;1H. The Morgan fingerprint density at radius 2 is 0.972 bits per heavy atom. The van der Waals surface area contributed by atoms with Gasteiger partial charge in [-0.2, -0.15) is 0 Å². The van der Waals surface area contributed by atoms with Crippen molar-refractivity contribution in [2.45, 2.75) is 147 Å². The number of aromatic nitrogens is 1. The second kappa shape index (κ2) is 30.2. The number of nitrogens with zero attached hydrogens (tertiary/aromatic N) is 1. The zero-order valence-corrected chi connectivity index (χ0v) is 64.8. The molecule has 1 aliphatic carbocycles. The molecule has 15 heteroatoms. The van der Waals surface area contributed by atoms with E-state index in [2.05, 4.69) is 173 Å². The van der Waals surface area contributed by atoms with Crippen LogP contribution in [0.15, 0.2) is 217 Å². The summed E-state index contributed by atoms with van der Waals surface area (Å²) in [5.74, 6) is 2.86. The second-order valence-electron chi connectivity index (χ2n) is 32.3. The van der Waals surface area contributed by atoms with E-state index in [1.165, 1.54) is 68.4 Å². The third-order valence-corrected chi connectivity index (χ3v) is 18.8. The number of esters is 2. The van der Waals surface area contributed by atoms with Crippen molar-refractivity contribution in [2.75, 3.05) is 10.6 Å². The van der Waals surface area contributed by atoms with Gasteiger partial charge in [0, 0.05) is 107 Å². The van der Waals surface area contributed by atoms with E-state index >= 15 is 0 Å². The molecule has 11 aromatic rings. The van der Waals surface area contributed by atoms with Crippen LogP contribution in [0.5, 0.6) is 40.2 Å². The number of hydrogen-bond acceptors (Lipinski definition) is 13. The smallest absolute Gasteiger partial charge is 0.340 e. The first-order valence-electron chi connectivity index (χ1n) is 36.3. The highest BCUT2D eigenvalue weighted by atomic mass is 35.5. The number of nitrogens with one attached hydrogen (secondary N) is 2. The summed E-state index contributed by atoms with van der Waals surface area (Å²) < 4.78 is 30.3. The number of fused-ring (bicyclic) bond motifs is 16. The van der Waals surface area contributed by atoms with Crippen molar-refractivity contribution < 1.29 is 66.1 Å². The van der Waals surface area contributed by atoms with Crippen LogP contribution in [0, 0.1) is 39.0 Å². The monoisotopic (exact) mass is 1480 g/mol. The first-order chi connectivity index (χ1) is 50.6. The van der Waals surface area contributed by atoms with E-state index < -0.39 is 17.2 Å². The molecule has 10 aromatic carbocycles. The maximum atomic E-state index is 13.0. The average Bonchev–Trinajstić information content (AvgIpc) is 1.58. The summed E-state index contributed by atoms with van der Waals surface area (Å²) in [7, 11) is 0. The van der Waals surface area contributed by atoms with Crippen LogP contribution in [0.3, 0.4) is 0 Å². The largest absolute Gasteiger partial charge is 1.00 e. The van der Waals surface area contributed by atoms with Gasteiger partial charge in [0.25, 0.3) is 0 Å². The molecule has 5 aliphatic heterocycles. The Kier molecular flexibility index (Phi) is 21.7. The maximum absolute atomic E-state index is 13.0. The Balaban J connectivity index is 0.000000142. The van der Waals surface area contributed by atoms with Crippen LogP contribution >= 0.6 is 0 Å². The van der Waals surface area contributed by atoms with Crippen molar-refractivity contribution in [3.8, 4) is 62.7 Å². The molecule has 0 fully saturated rings. The number of ether oxygens (including phenoxy) is 4. The molecular formula is C94H97ClN4O10. The molecule has 6 heterocycles. The summed E-state index contributed by atoms with van der Waals surface area (Å²) in [6, 6.07) is 67.2. The topological polar surface area (TPSA) is 207 Å².